The Morgan fingerprint density at radius 2 is 2.00 bits per heavy atom. The molecule has 1 aromatic heterocycles. The number of hydrogen-bond acceptors (Lipinski definition) is 4. The summed E-state index contributed by atoms with van der Waals surface area (Å²) >= 11 is 1.56. The maximum atomic E-state index is 10.6. The highest BCUT2D eigenvalue weighted by Gasteiger charge is 2.03. The molecule has 5 heteroatoms. The SMILES string of the molecule is CCCc1cc(Sc2ccc(CC(=O)O)cc2)ncn1. The maximum absolute atomic E-state index is 10.6. The summed E-state index contributed by atoms with van der Waals surface area (Å²) in [7, 11) is 0. The van der Waals surface area contributed by atoms with E-state index in [1.807, 2.05) is 30.3 Å². The van der Waals surface area contributed by atoms with Crippen molar-refractivity contribution in [1.29, 1.82) is 0 Å². The van der Waals surface area contributed by atoms with Crippen LogP contribution in [-0.4, -0.2) is 21.0 Å². The van der Waals surface area contributed by atoms with Gasteiger partial charge in [-0.1, -0.05) is 37.2 Å². The summed E-state index contributed by atoms with van der Waals surface area (Å²) in [4.78, 5) is 20.1. The molecule has 0 unspecified atom stereocenters. The molecule has 2 aromatic rings. The van der Waals surface area contributed by atoms with E-state index in [-0.39, 0.29) is 6.42 Å². The number of aromatic nitrogens is 2. The normalized spacial score (nSPS) is 10.4. The third kappa shape index (κ3) is 4.35. The Morgan fingerprint density at radius 3 is 2.65 bits per heavy atom. The van der Waals surface area contributed by atoms with E-state index in [4.69, 9.17) is 5.11 Å². The summed E-state index contributed by atoms with van der Waals surface area (Å²) in [6.45, 7) is 2.12. The third-order valence-corrected chi connectivity index (χ3v) is 3.65. The van der Waals surface area contributed by atoms with Gasteiger partial charge in [-0.25, -0.2) is 9.97 Å². The minimum absolute atomic E-state index is 0.0547. The molecule has 0 amide bonds. The van der Waals surface area contributed by atoms with Crippen LogP contribution in [0.4, 0.5) is 0 Å². The molecule has 2 rings (SSSR count). The third-order valence-electron chi connectivity index (χ3n) is 2.71. The summed E-state index contributed by atoms with van der Waals surface area (Å²) in [6.07, 6.45) is 3.66. The number of rotatable bonds is 6. The molecule has 0 fully saturated rings. The zero-order chi connectivity index (χ0) is 14.4. The first kappa shape index (κ1) is 14.5. The monoisotopic (exact) mass is 288 g/mol. The molecule has 4 nitrogen and oxygen atoms in total. The fraction of sp³-hybridized carbons (Fsp3) is 0.267. The second-order valence-electron chi connectivity index (χ2n) is 4.41. The number of aryl methyl sites for hydroxylation is 1. The van der Waals surface area contributed by atoms with Crippen LogP contribution in [0.2, 0.25) is 0 Å². The highest BCUT2D eigenvalue weighted by molar-refractivity contribution is 7.99. The Bertz CT molecular complexity index is 585. The van der Waals surface area contributed by atoms with Gasteiger partial charge in [-0.2, -0.15) is 0 Å². The van der Waals surface area contributed by atoms with E-state index in [9.17, 15) is 4.79 Å². The zero-order valence-electron chi connectivity index (χ0n) is 11.2. The molecule has 0 spiro atoms. The predicted octanol–water partition coefficient (Wildman–Crippen LogP) is 3.21. The molecular formula is C15H16N2O2S. The zero-order valence-corrected chi connectivity index (χ0v) is 12.1. The van der Waals surface area contributed by atoms with E-state index in [0.717, 1.165) is 34.0 Å². The first-order chi connectivity index (χ1) is 9.67. The van der Waals surface area contributed by atoms with Crippen LogP contribution in [0.5, 0.6) is 0 Å². The van der Waals surface area contributed by atoms with Crippen molar-refractivity contribution in [2.75, 3.05) is 0 Å². The minimum Gasteiger partial charge on any atom is -0.481 e. The quantitative estimate of drug-likeness (QED) is 0.827. The van der Waals surface area contributed by atoms with Crippen molar-refractivity contribution in [3.05, 3.63) is 47.9 Å². The van der Waals surface area contributed by atoms with E-state index in [2.05, 4.69) is 16.9 Å². The molecule has 0 aliphatic carbocycles. The molecule has 1 heterocycles. The fourth-order valence-corrected chi connectivity index (χ4v) is 2.60. The Kier molecular flexibility index (Phi) is 5.12. The summed E-state index contributed by atoms with van der Waals surface area (Å²) in [5, 5.41) is 9.64. The first-order valence-corrected chi connectivity index (χ1v) is 7.28. The molecule has 0 radical (unpaired) electrons. The highest BCUT2D eigenvalue weighted by atomic mass is 32.2. The van der Waals surface area contributed by atoms with Gasteiger partial charge < -0.3 is 5.11 Å². The molecule has 0 saturated heterocycles. The number of nitrogens with zero attached hydrogens (tertiary/aromatic N) is 2. The van der Waals surface area contributed by atoms with Gasteiger partial charge >= 0.3 is 5.97 Å². The minimum atomic E-state index is -0.814. The Hall–Kier alpha value is -1.88. The molecular weight excluding hydrogens is 272 g/mol. The van der Waals surface area contributed by atoms with E-state index in [1.165, 1.54) is 0 Å². The van der Waals surface area contributed by atoms with Crippen molar-refractivity contribution in [1.82, 2.24) is 9.97 Å². The lowest BCUT2D eigenvalue weighted by Gasteiger charge is -2.04. The highest BCUT2D eigenvalue weighted by Crippen LogP contribution is 2.26. The number of carbonyl (C=O) groups is 1. The molecule has 104 valence electrons. The van der Waals surface area contributed by atoms with Crippen LogP contribution in [0.25, 0.3) is 0 Å². The predicted molar refractivity (Wildman–Crippen MR) is 77.9 cm³/mol. The van der Waals surface area contributed by atoms with Crippen LogP contribution in [0, 0.1) is 0 Å². The smallest absolute Gasteiger partial charge is 0.307 e. The largest absolute Gasteiger partial charge is 0.481 e. The summed E-state index contributed by atoms with van der Waals surface area (Å²) in [6, 6.07) is 9.52. The van der Waals surface area contributed by atoms with Crippen molar-refractivity contribution in [3.8, 4) is 0 Å². The average Bonchev–Trinajstić information content (AvgIpc) is 2.41. The second kappa shape index (κ2) is 7.05. The molecule has 0 atom stereocenters. The van der Waals surface area contributed by atoms with E-state index >= 15 is 0 Å². The summed E-state index contributed by atoms with van der Waals surface area (Å²) in [5.41, 5.74) is 1.85. The van der Waals surface area contributed by atoms with Crippen molar-refractivity contribution in [3.63, 3.8) is 0 Å². The van der Waals surface area contributed by atoms with Gasteiger partial charge in [0.2, 0.25) is 0 Å². The van der Waals surface area contributed by atoms with Crippen LogP contribution in [0.15, 0.2) is 46.6 Å². The summed E-state index contributed by atoms with van der Waals surface area (Å²) in [5.74, 6) is -0.814. The van der Waals surface area contributed by atoms with Gasteiger partial charge in [-0.3, -0.25) is 4.79 Å². The molecule has 0 bridgehead atoms. The lowest BCUT2D eigenvalue weighted by molar-refractivity contribution is -0.136. The van der Waals surface area contributed by atoms with Crippen LogP contribution in [0.1, 0.15) is 24.6 Å². The van der Waals surface area contributed by atoms with Gasteiger partial charge in [0.25, 0.3) is 0 Å². The van der Waals surface area contributed by atoms with Gasteiger partial charge in [-0.15, -0.1) is 0 Å². The van der Waals surface area contributed by atoms with E-state index in [0.29, 0.717) is 0 Å². The molecule has 0 aliphatic rings. The second-order valence-corrected chi connectivity index (χ2v) is 5.51. The number of aliphatic carboxylic acids is 1. The summed E-state index contributed by atoms with van der Waals surface area (Å²) < 4.78 is 0. The molecule has 1 aromatic carbocycles. The maximum Gasteiger partial charge on any atom is 0.307 e. The lowest BCUT2D eigenvalue weighted by Crippen LogP contribution is -1.99. The Morgan fingerprint density at radius 1 is 1.25 bits per heavy atom. The first-order valence-electron chi connectivity index (χ1n) is 6.47. The van der Waals surface area contributed by atoms with E-state index < -0.39 is 5.97 Å². The van der Waals surface area contributed by atoms with Gasteiger partial charge in [-0.05, 0) is 30.2 Å². The number of benzene rings is 1. The van der Waals surface area contributed by atoms with Crippen LogP contribution >= 0.6 is 11.8 Å². The molecule has 0 saturated carbocycles. The molecule has 20 heavy (non-hydrogen) atoms. The van der Waals surface area contributed by atoms with Crippen LogP contribution in [-0.2, 0) is 17.6 Å². The van der Waals surface area contributed by atoms with Crippen molar-refractivity contribution >= 4 is 17.7 Å². The Balaban J connectivity index is 2.05. The molecule has 1 N–H and O–H groups in total. The van der Waals surface area contributed by atoms with Crippen molar-refractivity contribution in [2.45, 2.75) is 36.1 Å². The van der Waals surface area contributed by atoms with E-state index in [1.54, 1.807) is 18.1 Å². The van der Waals surface area contributed by atoms with Gasteiger partial charge in [0.1, 0.15) is 11.4 Å². The number of carboxylic acid groups (broad SMARTS) is 1. The van der Waals surface area contributed by atoms with Crippen molar-refractivity contribution < 1.29 is 9.90 Å². The fourth-order valence-electron chi connectivity index (χ4n) is 1.80. The number of hydrogen-bond donors (Lipinski definition) is 1. The molecule has 0 aliphatic heterocycles. The average molecular weight is 288 g/mol. The van der Waals surface area contributed by atoms with Gasteiger partial charge in [0.15, 0.2) is 0 Å². The van der Waals surface area contributed by atoms with Gasteiger partial charge in [0, 0.05) is 10.6 Å². The lowest BCUT2D eigenvalue weighted by atomic mass is 10.2. The topological polar surface area (TPSA) is 63.1 Å². The number of carboxylic acids is 1. The van der Waals surface area contributed by atoms with Crippen molar-refractivity contribution in [2.24, 2.45) is 0 Å². The Labute approximate surface area is 122 Å². The standard InChI is InChI=1S/C15H16N2O2S/c1-2-3-12-9-14(17-10-16-12)20-13-6-4-11(5-7-13)8-15(18)19/h4-7,9-10H,2-3,8H2,1H3,(H,18,19). The van der Waals surface area contributed by atoms with Crippen LogP contribution < -0.4 is 0 Å². The van der Waals surface area contributed by atoms with Crippen LogP contribution in [0.3, 0.4) is 0 Å². The van der Waals surface area contributed by atoms with Gasteiger partial charge in [0.05, 0.1) is 6.42 Å².